The minimum Gasteiger partial charge on any atom is -0.368 e. The van der Waals surface area contributed by atoms with Crippen LogP contribution >= 0.6 is 11.6 Å². The molecule has 0 bridgehead atoms. The zero-order valence-corrected chi connectivity index (χ0v) is 12.6. The monoisotopic (exact) mass is 338 g/mol. The summed E-state index contributed by atoms with van der Waals surface area (Å²) in [4.78, 5) is 23.6. The van der Waals surface area contributed by atoms with Crippen LogP contribution in [0.2, 0.25) is 5.02 Å². The maximum absolute atomic E-state index is 13.2. The largest absolute Gasteiger partial charge is 0.368 e. The van der Waals surface area contributed by atoms with Gasteiger partial charge in [-0.2, -0.15) is 0 Å². The molecule has 2 aromatic rings. The molecule has 0 unspecified atom stereocenters. The van der Waals surface area contributed by atoms with E-state index in [9.17, 15) is 18.4 Å². The quantitative estimate of drug-likeness (QED) is 0.879. The van der Waals surface area contributed by atoms with Crippen LogP contribution in [-0.4, -0.2) is 17.9 Å². The standard InChI is InChI=1S/C16H13ClF2N2O2/c17-13-4-2-1-3-9(13)7-14(15(20)22)21-16(23)10-5-11(18)8-12(19)6-10/h1-6,8,14H,7H2,(H2,20,22)(H,21,23)/t14-/m0/s1. The SMILES string of the molecule is NC(=O)[C@H](Cc1ccccc1Cl)NC(=O)c1cc(F)cc(F)c1. The van der Waals surface area contributed by atoms with E-state index in [1.165, 1.54) is 0 Å². The first-order chi connectivity index (χ1) is 10.9. The zero-order chi connectivity index (χ0) is 17.0. The fourth-order valence-corrected chi connectivity index (χ4v) is 2.25. The van der Waals surface area contributed by atoms with Gasteiger partial charge in [0.1, 0.15) is 17.7 Å². The number of rotatable bonds is 5. The Bertz CT molecular complexity index is 732. The van der Waals surface area contributed by atoms with Gasteiger partial charge in [0.05, 0.1) is 0 Å². The van der Waals surface area contributed by atoms with Gasteiger partial charge >= 0.3 is 0 Å². The van der Waals surface area contributed by atoms with Crippen molar-refractivity contribution in [3.8, 4) is 0 Å². The average molecular weight is 339 g/mol. The smallest absolute Gasteiger partial charge is 0.252 e. The number of carbonyl (C=O) groups excluding carboxylic acids is 2. The van der Waals surface area contributed by atoms with Crippen molar-refractivity contribution in [3.63, 3.8) is 0 Å². The molecule has 0 saturated carbocycles. The van der Waals surface area contributed by atoms with Crippen molar-refractivity contribution in [1.29, 1.82) is 0 Å². The van der Waals surface area contributed by atoms with Crippen molar-refractivity contribution in [1.82, 2.24) is 5.32 Å². The maximum Gasteiger partial charge on any atom is 0.252 e. The van der Waals surface area contributed by atoms with Crippen LogP contribution in [-0.2, 0) is 11.2 Å². The fraction of sp³-hybridized carbons (Fsp3) is 0.125. The van der Waals surface area contributed by atoms with Crippen LogP contribution in [0.25, 0.3) is 0 Å². The van der Waals surface area contributed by atoms with E-state index in [1.807, 2.05) is 0 Å². The molecule has 0 radical (unpaired) electrons. The second-order valence-corrected chi connectivity index (χ2v) is 5.29. The molecule has 0 spiro atoms. The Morgan fingerprint density at radius 1 is 1.13 bits per heavy atom. The Morgan fingerprint density at radius 2 is 1.74 bits per heavy atom. The van der Waals surface area contributed by atoms with E-state index >= 15 is 0 Å². The maximum atomic E-state index is 13.2. The molecule has 23 heavy (non-hydrogen) atoms. The van der Waals surface area contributed by atoms with Crippen LogP contribution in [0.3, 0.4) is 0 Å². The first-order valence-electron chi connectivity index (χ1n) is 6.66. The zero-order valence-electron chi connectivity index (χ0n) is 11.9. The molecule has 1 atom stereocenters. The Hall–Kier alpha value is -2.47. The molecular weight excluding hydrogens is 326 g/mol. The summed E-state index contributed by atoms with van der Waals surface area (Å²) in [5, 5.41) is 2.78. The van der Waals surface area contributed by atoms with Crippen LogP contribution in [0.1, 0.15) is 15.9 Å². The van der Waals surface area contributed by atoms with Crippen LogP contribution in [0.4, 0.5) is 8.78 Å². The molecule has 3 N–H and O–H groups in total. The van der Waals surface area contributed by atoms with E-state index in [1.54, 1.807) is 24.3 Å². The van der Waals surface area contributed by atoms with Crippen LogP contribution in [0.15, 0.2) is 42.5 Å². The highest BCUT2D eigenvalue weighted by Crippen LogP contribution is 2.17. The topological polar surface area (TPSA) is 72.2 Å². The molecule has 0 fully saturated rings. The third-order valence-corrected chi connectivity index (χ3v) is 3.52. The summed E-state index contributed by atoms with van der Waals surface area (Å²) >= 11 is 6.00. The predicted molar refractivity (Wildman–Crippen MR) is 82.0 cm³/mol. The minimum absolute atomic E-state index is 0.0680. The van der Waals surface area contributed by atoms with Crippen LogP contribution in [0, 0.1) is 11.6 Å². The number of hydrogen-bond acceptors (Lipinski definition) is 2. The van der Waals surface area contributed by atoms with Gasteiger partial charge in [-0.25, -0.2) is 8.78 Å². The number of primary amides is 1. The lowest BCUT2D eigenvalue weighted by atomic mass is 10.0. The van der Waals surface area contributed by atoms with E-state index < -0.39 is 29.5 Å². The van der Waals surface area contributed by atoms with Gasteiger partial charge in [0, 0.05) is 23.1 Å². The molecule has 0 heterocycles. The Labute approximate surface area is 136 Å². The first-order valence-corrected chi connectivity index (χ1v) is 7.04. The lowest BCUT2D eigenvalue weighted by Crippen LogP contribution is -2.45. The average Bonchev–Trinajstić information content (AvgIpc) is 2.47. The van der Waals surface area contributed by atoms with Gasteiger partial charge in [-0.3, -0.25) is 9.59 Å². The molecule has 0 aliphatic carbocycles. The third kappa shape index (κ3) is 4.50. The molecule has 7 heteroatoms. The Morgan fingerprint density at radius 3 is 2.30 bits per heavy atom. The molecule has 0 aromatic heterocycles. The van der Waals surface area contributed by atoms with Crippen molar-refractivity contribution in [2.75, 3.05) is 0 Å². The van der Waals surface area contributed by atoms with Crippen molar-refractivity contribution >= 4 is 23.4 Å². The number of nitrogens with one attached hydrogen (secondary N) is 1. The molecule has 0 saturated heterocycles. The number of benzene rings is 2. The van der Waals surface area contributed by atoms with Crippen molar-refractivity contribution in [3.05, 3.63) is 70.2 Å². The van der Waals surface area contributed by atoms with E-state index in [2.05, 4.69) is 5.32 Å². The summed E-state index contributed by atoms with van der Waals surface area (Å²) in [5.74, 6) is -3.37. The molecule has 120 valence electrons. The third-order valence-electron chi connectivity index (χ3n) is 3.16. The summed E-state index contributed by atoms with van der Waals surface area (Å²) in [6.45, 7) is 0. The summed E-state index contributed by atoms with van der Waals surface area (Å²) in [7, 11) is 0. The number of hydrogen-bond donors (Lipinski definition) is 2. The number of nitrogens with two attached hydrogens (primary N) is 1. The highest BCUT2D eigenvalue weighted by Gasteiger charge is 2.21. The number of carbonyl (C=O) groups is 2. The Balaban J connectivity index is 2.18. The molecule has 0 aliphatic rings. The molecular formula is C16H13ClF2N2O2. The number of halogens is 3. The van der Waals surface area contributed by atoms with Gasteiger partial charge in [0.2, 0.25) is 5.91 Å². The number of amides is 2. The highest BCUT2D eigenvalue weighted by atomic mass is 35.5. The van der Waals surface area contributed by atoms with Gasteiger partial charge in [0.15, 0.2) is 0 Å². The second kappa shape index (κ2) is 7.19. The summed E-state index contributed by atoms with van der Waals surface area (Å²) in [6.07, 6.45) is 0.0680. The molecule has 2 amide bonds. The van der Waals surface area contributed by atoms with Crippen molar-refractivity contribution in [2.24, 2.45) is 5.73 Å². The van der Waals surface area contributed by atoms with Gasteiger partial charge in [-0.1, -0.05) is 29.8 Å². The van der Waals surface area contributed by atoms with Gasteiger partial charge in [-0.15, -0.1) is 0 Å². The molecule has 2 rings (SSSR count). The second-order valence-electron chi connectivity index (χ2n) is 4.88. The van der Waals surface area contributed by atoms with E-state index in [4.69, 9.17) is 17.3 Å². The van der Waals surface area contributed by atoms with Crippen LogP contribution in [0.5, 0.6) is 0 Å². The predicted octanol–water partition coefficient (Wildman–Crippen LogP) is 2.44. The van der Waals surface area contributed by atoms with E-state index in [0.717, 1.165) is 12.1 Å². The van der Waals surface area contributed by atoms with E-state index in [-0.39, 0.29) is 12.0 Å². The van der Waals surface area contributed by atoms with E-state index in [0.29, 0.717) is 16.7 Å². The molecule has 2 aromatic carbocycles. The lowest BCUT2D eigenvalue weighted by Gasteiger charge is -2.16. The van der Waals surface area contributed by atoms with Gasteiger partial charge in [0.25, 0.3) is 5.91 Å². The minimum atomic E-state index is -1.06. The van der Waals surface area contributed by atoms with Crippen molar-refractivity contribution < 1.29 is 18.4 Å². The van der Waals surface area contributed by atoms with Crippen LogP contribution < -0.4 is 11.1 Å². The Kier molecular flexibility index (Phi) is 5.28. The fourth-order valence-electron chi connectivity index (χ4n) is 2.03. The summed E-state index contributed by atoms with van der Waals surface area (Å²) in [5.41, 5.74) is 5.65. The molecule has 0 aliphatic heterocycles. The van der Waals surface area contributed by atoms with Gasteiger partial charge < -0.3 is 11.1 Å². The summed E-state index contributed by atoms with van der Waals surface area (Å²) in [6, 6.07) is 8.09. The van der Waals surface area contributed by atoms with Crippen molar-refractivity contribution in [2.45, 2.75) is 12.5 Å². The lowest BCUT2D eigenvalue weighted by molar-refractivity contribution is -0.119. The van der Waals surface area contributed by atoms with Gasteiger partial charge in [-0.05, 0) is 23.8 Å². The summed E-state index contributed by atoms with van der Waals surface area (Å²) < 4.78 is 26.3. The highest BCUT2D eigenvalue weighted by molar-refractivity contribution is 6.31. The normalized spacial score (nSPS) is 11.8. The molecule has 4 nitrogen and oxygen atoms in total. The first kappa shape index (κ1) is 16.9.